The number of hydrogen-bond donors (Lipinski definition) is 1. The monoisotopic (exact) mass is 332 g/mol. The summed E-state index contributed by atoms with van der Waals surface area (Å²) in [7, 11) is 0. The summed E-state index contributed by atoms with van der Waals surface area (Å²) in [6.45, 7) is 10.3. The number of carbonyl (C=O) groups is 1. The van der Waals surface area contributed by atoms with Crippen LogP contribution in [0.15, 0.2) is 12.2 Å². The van der Waals surface area contributed by atoms with Crippen LogP contribution in [0.2, 0.25) is 0 Å². The Morgan fingerprint density at radius 2 is 1.96 bits per heavy atom. The molecule has 4 rings (SSSR count). The van der Waals surface area contributed by atoms with Crippen molar-refractivity contribution in [3.8, 4) is 0 Å². The van der Waals surface area contributed by atoms with Crippen LogP contribution in [0.25, 0.3) is 0 Å². The van der Waals surface area contributed by atoms with Gasteiger partial charge in [0.25, 0.3) is 0 Å². The first-order valence-corrected chi connectivity index (χ1v) is 10.3. The van der Waals surface area contributed by atoms with Gasteiger partial charge in [0.1, 0.15) is 12.0 Å². The third-order valence-corrected chi connectivity index (χ3v) is 7.64. The topological polar surface area (TPSA) is 30.7 Å². The molecule has 0 aromatic rings. The molecule has 1 N–H and O–H groups in total. The van der Waals surface area contributed by atoms with E-state index in [2.05, 4.69) is 13.5 Å². The zero-order valence-corrected chi connectivity index (χ0v) is 15.3. The summed E-state index contributed by atoms with van der Waals surface area (Å²) in [5.41, 5.74) is 1.77. The lowest BCUT2D eigenvalue weighted by atomic mass is 9.55. The summed E-state index contributed by atoms with van der Waals surface area (Å²) in [6.07, 6.45) is 11.5. The minimum absolute atomic E-state index is 0.106. The van der Waals surface area contributed by atoms with Gasteiger partial charge in [-0.15, -0.1) is 0 Å². The molecule has 24 heavy (non-hydrogen) atoms. The zero-order valence-electron chi connectivity index (χ0n) is 15.3. The predicted octanol–water partition coefficient (Wildman–Crippen LogP) is 2.76. The average molecular weight is 333 g/mol. The van der Waals surface area contributed by atoms with Gasteiger partial charge in [0.05, 0.1) is 19.6 Å². The number of hydrogen-bond acceptors (Lipinski definition) is 2. The van der Waals surface area contributed by atoms with E-state index in [1.54, 1.807) is 4.90 Å². The third kappa shape index (κ3) is 2.94. The van der Waals surface area contributed by atoms with Gasteiger partial charge in [-0.2, -0.15) is 0 Å². The fourth-order valence-corrected chi connectivity index (χ4v) is 6.23. The van der Waals surface area contributed by atoms with Crippen molar-refractivity contribution in [2.45, 2.75) is 70.8 Å². The maximum Gasteiger partial charge on any atom is 0.315 e. The number of ether oxygens (including phenoxy) is 1. The molecule has 0 spiro atoms. The van der Waals surface area contributed by atoms with Crippen LogP contribution in [0.4, 0.5) is 0 Å². The number of carbonyl (C=O) groups excluding carboxylic acids is 1. The zero-order chi connectivity index (χ0) is 16.7. The van der Waals surface area contributed by atoms with Crippen molar-refractivity contribution in [1.82, 2.24) is 0 Å². The van der Waals surface area contributed by atoms with Crippen molar-refractivity contribution in [1.29, 1.82) is 0 Å². The first kappa shape index (κ1) is 16.6. The van der Waals surface area contributed by atoms with Gasteiger partial charge in [0.15, 0.2) is 0 Å². The second kappa shape index (κ2) is 6.48. The van der Waals surface area contributed by atoms with E-state index < -0.39 is 0 Å². The minimum atomic E-state index is 0.106. The number of likely N-dealkylation sites (tertiary alicyclic amines) is 1. The molecule has 4 fully saturated rings. The van der Waals surface area contributed by atoms with Gasteiger partial charge in [0.2, 0.25) is 0 Å². The van der Waals surface area contributed by atoms with Crippen molar-refractivity contribution in [3.05, 3.63) is 12.2 Å². The standard InChI is InChI=1S/C21H33NO2/c1-15-8-7-9-21(2)13-19-16(12-18(15)21)17(20(23)24-19)14-22-10-5-3-4-6-11-22/h16-19H,1,3-14H2,2H3/p+1/t16-,17+,18-,19-,21-/m1/s1. The molecule has 0 aromatic heterocycles. The van der Waals surface area contributed by atoms with E-state index in [1.807, 2.05) is 0 Å². The second-order valence-corrected chi connectivity index (χ2v) is 9.27. The molecule has 4 aliphatic rings. The molecular weight excluding hydrogens is 298 g/mol. The van der Waals surface area contributed by atoms with Crippen molar-refractivity contribution in [3.63, 3.8) is 0 Å². The van der Waals surface area contributed by atoms with Crippen LogP contribution < -0.4 is 4.90 Å². The average Bonchev–Trinajstić information content (AvgIpc) is 2.72. The van der Waals surface area contributed by atoms with Gasteiger partial charge < -0.3 is 9.64 Å². The number of nitrogens with one attached hydrogen (secondary N) is 1. The lowest BCUT2D eigenvalue weighted by Gasteiger charge is -2.50. The van der Waals surface area contributed by atoms with Crippen LogP contribution in [0.3, 0.4) is 0 Å². The second-order valence-electron chi connectivity index (χ2n) is 9.27. The Bertz CT molecular complexity index is 508. The Labute approximate surface area is 146 Å². The molecule has 2 aliphatic carbocycles. The van der Waals surface area contributed by atoms with Gasteiger partial charge in [0, 0.05) is 5.92 Å². The van der Waals surface area contributed by atoms with Gasteiger partial charge in [-0.3, -0.25) is 4.79 Å². The molecular formula is C21H34NO2+. The summed E-state index contributed by atoms with van der Waals surface area (Å²) < 4.78 is 5.92. The molecule has 2 heterocycles. The lowest BCUT2D eigenvalue weighted by molar-refractivity contribution is -0.902. The van der Waals surface area contributed by atoms with E-state index >= 15 is 0 Å². The highest BCUT2D eigenvalue weighted by molar-refractivity contribution is 5.75. The highest BCUT2D eigenvalue weighted by Gasteiger charge is 2.55. The van der Waals surface area contributed by atoms with E-state index in [-0.39, 0.29) is 18.0 Å². The number of rotatable bonds is 2. The van der Waals surface area contributed by atoms with E-state index in [1.165, 1.54) is 63.6 Å². The van der Waals surface area contributed by atoms with Crippen molar-refractivity contribution in [2.75, 3.05) is 19.6 Å². The maximum absolute atomic E-state index is 12.6. The van der Waals surface area contributed by atoms with Gasteiger partial charge >= 0.3 is 5.97 Å². The molecule has 3 heteroatoms. The molecule has 2 saturated heterocycles. The summed E-state index contributed by atoms with van der Waals surface area (Å²) in [4.78, 5) is 14.3. The predicted molar refractivity (Wildman–Crippen MR) is 94.7 cm³/mol. The molecule has 0 radical (unpaired) electrons. The van der Waals surface area contributed by atoms with Crippen molar-refractivity contribution in [2.24, 2.45) is 23.2 Å². The van der Waals surface area contributed by atoms with Crippen molar-refractivity contribution >= 4 is 5.97 Å². The number of allylic oxidation sites excluding steroid dienone is 1. The molecule has 134 valence electrons. The molecule has 2 aliphatic heterocycles. The highest BCUT2D eigenvalue weighted by Crippen LogP contribution is 2.56. The number of quaternary nitrogens is 1. The van der Waals surface area contributed by atoms with E-state index in [0.29, 0.717) is 17.3 Å². The maximum atomic E-state index is 12.6. The molecule has 0 unspecified atom stereocenters. The van der Waals surface area contributed by atoms with E-state index in [9.17, 15) is 4.79 Å². The lowest BCUT2D eigenvalue weighted by Crippen LogP contribution is -3.12. The van der Waals surface area contributed by atoms with Crippen molar-refractivity contribution < 1.29 is 14.4 Å². The van der Waals surface area contributed by atoms with Crippen LogP contribution in [-0.4, -0.2) is 31.7 Å². The summed E-state index contributed by atoms with van der Waals surface area (Å²) in [5.74, 6) is 1.31. The Kier molecular flexibility index (Phi) is 4.49. The van der Waals surface area contributed by atoms with Crippen LogP contribution in [0, 0.1) is 23.2 Å². The smallest absolute Gasteiger partial charge is 0.315 e. The third-order valence-electron chi connectivity index (χ3n) is 7.64. The van der Waals surface area contributed by atoms with Crippen LogP contribution >= 0.6 is 0 Å². The molecule has 0 bridgehead atoms. The van der Waals surface area contributed by atoms with Crippen LogP contribution in [0.5, 0.6) is 0 Å². The summed E-state index contributed by atoms with van der Waals surface area (Å²) in [6, 6.07) is 0. The Hall–Kier alpha value is -0.830. The van der Waals surface area contributed by atoms with E-state index in [4.69, 9.17) is 4.74 Å². The first-order valence-electron chi connectivity index (χ1n) is 10.3. The Morgan fingerprint density at radius 1 is 1.21 bits per heavy atom. The Morgan fingerprint density at radius 3 is 2.71 bits per heavy atom. The quantitative estimate of drug-likeness (QED) is 0.623. The Balaban J connectivity index is 1.49. The van der Waals surface area contributed by atoms with Crippen LogP contribution in [-0.2, 0) is 9.53 Å². The SMILES string of the molecule is C=C1CCC[C@]2(C)C[C@H]3OC(=O)[C@@H](C[NH+]4CCCCCC4)[C@H]3C[C@H]12. The van der Waals surface area contributed by atoms with Gasteiger partial charge in [-0.05, 0) is 69.1 Å². The molecule has 2 saturated carbocycles. The van der Waals surface area contributed by atoms with E-state index in [0.717, 1.165) is 19.4 Å². The van der Waals surface area contributed by atoms with Crippen LogP contribution in [0.1, 0.15) is 64.7 Å². The summed E-state index contributed by atoms with van der Waals surface area (Å²) in [5, 5.41) is 0. The first-order chi connectivity index (χ1) is 11.6. The molecule has 0 aromatic carbocycles. The number of fused-ring (bicyclic) bond motifs is 2. The van der Waals surface area contributed by atoms with Gasteiger partial charge in [-0.25, -0.2) is 0 Å². The fourth-order valence-electron chi connectivity index (χ4n) is 6.23. The summed E-state index contributed by atoms with van der Waals surface area (Å²) >= 11 is 0. The highest BCUT2D eigenvalue weighted by atomic mass is 16.6. The molecule has 0 amide bonds. The fraction of sp³-hybridized carbons (Fsp3) is 0.857. The normalized spacial score (nSPS) is 43.7. The largest absolute Gasteiger partial charge is 0.462 e. The number of esters is 1. The minimum Gasteiger partial charge on any atom is -0.462 e. The van der Waals surface area contributed by atoms with Gasteiger partial charge in [-0.1, -0.05) is 19.1 Å². The molecule has 5 atom stereocenters. The molecule has 3 nitrogen and oxygen atoms in total.